The van der Waals surface area contributed by atoms with E-state index >= 15 is 0 Å². The number of hydrogen-bond acceptors (Lipinski definition) is 4. The summed E-state index contributed by atoms with van der Waals surface area (Å²) in [5.41, 5.74) is 0.878. The molecule has 0 N–H and O–H groups in total. The maximum Gasteiger partial charge on any atom is 0.224 e. The molecule has 120 valence electrons. The van der Waals surface area contributed by atoms with Crippen molar-refractivity contribution in [2.45, 2.75) is 31.8 Å². The molecule has 1 atom stereocenters. The zero-order chi connectivity index (χ0) is 15.8. The van der Waals surface area contributed by atoms with Crippen LogP contribution in [0.5, 0.6) is 5.88 Å². The number of rotatable bonds is 5. The molecule has 0 aromatic carbocycles. The molecule has 2 aromatic heterocycles. The summed E-state index contributed by atoms with van der Waals surface area (Å²) in [5.74, 6) is 2.06. The van der Waals surface area contributed by atoms with Gasteiger partial charge in [0.2, 0.25) is 11.8 Å². The summed E-state index contributed by atoms with van der Waals surface area (Å²) in [4.78, 5) is 22.9. The summed E-state index contributed by atoms with van der Waals surface area (Å²) >= 11 is 0. The molecular formula is C17H20N4O2. The van der Waals surface area contributed by atoms with Gasteiger partial charge < -0.3 is 14.2 Å². The van der Waals surface area contributed by atoms with Crippen molar-refractivity contribution in [2.75, 3.05) is 13.7 Å². The SMILES string of the molecule is COc1ncccc1-c1nccn1CC1CC(=O)N(C2CC2)C1. The topological polar surface area (TPSA) is 60.3 Å². The predicted molar refractivity (Wildman–Crippen MR) is 84.9 cm³/mol. The molecule has 2 aliphatic rings. The number of carbonyl (C=O) groups excluding carboxylic acids is 1. The van der Waals surface area contributed by atoms with E-state index in [1.807, 2.05) is 18.3 Å². The van der Waals surface area contributed by atoms with Gasteiger partial charge in [-0.1, -0.05) is 0 Å². The van der Waals surface area contributed by atoms with Crippen LogP contribution in [0.25, 0.3) is 11.4 Å². The molecule has 1 saturated carbocycles. The Morgan fingerprint density at radius 2 is 2.17 bits per heavy atom. The quantitative estimate of drug-likeness (QED) is 0.847. The first-order chi connectivity index (χ1) is 11.3. The highest BCUT2D eigenvalue weighted by Gasteiger charge is 2.39. The Morgan fingerprint density at radius 1 is 1.30 bits per heavy atom. The van der Waals surface area contributed by atoms with Crippen molar-refractivity contribution in [2.24, 2.45) is 5.92 Å². The molecule has 0 radical (unpaired) electrons. The fourth-order valence-electron chi connectivity index (χ4n) is 3.37. The summed E-state index contributed by atoms with van der Waals surface area (Å²) < 4.78 is 7.45. The van der Waals surface area contributed by atoms with E-state index < -0.39 is 0 Å². The standard InChI is InChI=1S/C17H20N4O2/c1-23-17-14(3-2-6-19-17)16-18-7-8-20(16)10-12-9-15(22)21(11-12)13-4-5-13/h2-3,6-8,12-13H,4-5,9-11H2,1H3. The first kappa shape index (κ1) is 14.2. The first-order valence-electron chi connectivity index (χ1n) is 8.06. The van der Waals surface area contributed by atoms with Gasteiger partial charge in [0, 0.05) is 50.1 Å². The van der Waals surface area contributed by atoms with Crippen molar-refractivity contribution < 1.29 is 9.53 Å². The minimum absolute atomic E-state index is 0.304. The van der Waals surface area contributed by atoms with Gasteiger partial charge in [-0.2, -0.15) is 0 Å². The second-order valence-corrected chi connectivity index (χ2v) is 6.31. The van der Waals surface area contributed by atoms with E-state index in [1.54, 1.807) is 19.5 Å². The Bertz CT molecular complexity index is 723. The molecule has 4 rings (SSSR count). The molecule has 3 heterocycles. The molecule has 1 aliphatic heterocycles. The van der Waals surface area contributed by atoms with Crippen LogP contribution in [0.2, 0.25) is 0 Å². The lowest BCUT2D eigenvalue weighted by molar-refractivity contribution is -0.128. The van der Waals surface area contributed by atoms with Crippen molar-refractivity contribution in [3.8, 4) is 17.3 Å². The highest BCUT2D eigenvalue weighted by atomic mass is 16.5. The zero-order valence-corrected chi connectivity index (χ0v) is 13.2. The molecule has 0 bridgehead atoms. The van der Waals surface area contributed by atoms with Gasteiger partial charge in [-0.3, -0.25) is 4.79 Å². The Hall–Kier alpha value is -2.37. The van der Waals surface area contributed by atoms with Crippen molar-refractivity contribution in [3.63, 3.8) is 0 Å². The van der Waals surface area contributed by atoms with Gasteiger partial charge in [0.15, 0.2) is 0 Å². The molecule has 2 fully saturated rings. The lowest BCUT2D eigenvalue weighted by Gasteiger charge is -2.16. The minimum atomic E-state index is 0.304. The second kappa shape index (κ2) is 5.68. The number of ether oxygens (including phenoxy) is 1. The lowest BCUT2D eigenvalue weighted by atomic mass is 10.1. The van der Waals surface area contributed by atoms with Crippen LogP contribution in [0.3, 0.4) is 0 Å². The number of nitrogens with zero attached hydrogens (tertiary/aromatic N) is 4. The van der Waals surface area contributed by atoms with Crippen LogP contribution < -0.4 is 4.74 Å². The Balaban J connectivity index is 1.55. The maximum absolute atomic E-state index is 12.1. The lowest BCUT2D eigenvalue weighted by Crippen LogP contribution is -2.27. The third-order valence-electron chi connectivity index (χ3n) is 4.60. The maximum atomic E-state index is 12.1. The summed E-state index contributed by atoms with van der Waals surface area (Å²) in [6.07, 6.45) is 8.43. The minimum Gasteiger partial charge on any atom is -0.480 e. The van der Waals surface area contributed by atoms with Gasteiger partial charge in [0.05, 0.1) is 12.7 Å². The summed E-state index contributed by atoms with van der Waals surface area (Å²) in [6, 6.07) is 4.35. The van der Waals surface area contributed by atoms with Crippen LogP contribution in [0.4, 0.5) is 0 Å². The van der Waals surface area contributed by atoms with Gasteiger partial charge in [0.1, 0.15) is 5.82 Å². The normalized spacial score (nSPS) is 21.0. The molecule has 6 heteroatoms. The average Bonchev–Trinajstić information content (AvgIpc) is 3.20. The Morgan fingerprint density at radius 3 is 2.96 bits per heavy atom. The smallest absolute Gasteiger partial charge is 0.224 e. The third-order valence-corrected chi connectivity index (χ3v) is 4.60. The van der Waals surface area contributed by atoms with Gasteiger partial charge in [-0.05, 0) is 25.0 Å². The van der Waals surface area contributed by atoms with Crippen molar-refractivity contribution in [1.82, 2.24) is 19.4 Å². The van der Waals surface area contributed by atoms with Crippen molar-refractivity contribution in [3.05, 3.63) is 30.7 Å². The third kappa shape index (κ3) is 2.69. The largest absolute Gasteiger partial charge is 0.480 e. The van der Waals surface area contributed by atoms with Gasteiger partial charge in [0.25, 0.3) is 0 Å². The van der Waals surface area contributed by atoms with E-state index in [1.165, 1.54) is 12.8 Å². The number of methoxy groups -OCH3 is 1. The van der Waals surface area contributed by atoms with E-state index in [2.05, 4.69) is 19.4 Å². The van der Waals surface area contributed by atoms with Crippen molar-refractivity contribution in [1.29, 1.82) is 0 Å². The second-order valence-electron chi connectivity index (χ2n) is 6.31. The summed E-state index contributed by atoms with van der Waals surface area (Å²) in [7, 11) is 1.61. The van der Waals surface area contributed by atoms with Crippen LogP contribution in [-0.4, -0.2) is 45.0 Å². The monoisotopic (exact) mass is 312 g/mol. The first-order valence-corrected chi connectivity index (χ1v) is 8.06. The van der Waals surface area contributed by atoms with Crippen LogP contribution in [-0.2, 0) is 11.3 Å². The molecule has 1 aliphatic carbocycles. The van der Waals surface area contributed by atoms with E-state index in [0.717, 1.165) is 24.5 Å². The Kier molecular flexibility index (Phi) is 3.52. The highest BCUT2D eigenvalue weighted by molar-refractivity contribution is 5.79. The number of likely N-dealkylation sites (tertiary alicyclic amines) is 1. The van der Waals surface area contributed by atoms with Gasteiger partial charge in [-0.15, -0.1) is 0 Å². The predicted octanol–water partition coefficient (Wildman–Crippen LogP) is 1.96. The molecule has 2 aromatic rings. The molecule has 23 heavy (non-hydrogen) atoms. The number of amides is 1. The number of pyridine rings is 1. The number of carbonyl (C=O) groups is 1. The Labute approximate surface area is 135 Å². The van der Waals surface area contributed by atoms with E-state index in [4.69, 9.17) is 4.74 Å². The fourth-order valence-corrected chi connectivity index (χ4v) is 3.37. The van der Waals surface area contributed by atoms with Gasteiger partial charge in [-0.25, -0.2) is 9.97 Å². The highest BCUT2D eigenvalue weighted by Crippen LogP contribution is 2.34. The van der Waals surface area contributed by atoms with E-state index in [0.29, 0.717) is 30.2 Å². The van der Waals surface area contributed by atoms with Crippen LogP contribution in [0.15, 0.2) is 30.7 Å². The van der Waals surface area contributed by atoms with E-state index in [-0.39, 0.29) is 0 Å². The van der Waals surface area contributed by atoms with Crippen LogP contribution in [0, 0.1) is 5.92 Å². The molecule has 1 amide bonds. The molecular weight excluding hydrogens is 292 g/mol. The average molecular weight is 312 g/mol. The molecule has 6 nitrogen and oxygen atoms in total. The molecule has 0 spiro atoms. The molecule has 1 saturated heterocycles. The van der Waals surface area contributed by atoms with Crippen LogP contribution >= 0.6 is 0 Å². The summed E-state index contributed by atoms with van der Waals surface area (Å²) in [6.45, 7) is 1.66. The number of aromatic nitrogens is 3. The van der Waals surface area contributed by atoms with Crippen molar-refractivity contribution >= 4 is 5.91 Å². The van der Waals surface area contributed by atoms with Gasteiger partial charge >= 0.3 is 0 Å². The number of hydrogen-bond donors (Lipinski definition) is 0. The zero-order valence-electron chi connectivity index (χ0n) is 13.2. The summed E-state index contributed by atoms with van der Waals surface area (Å²) in [5, 5.41) is 0. The number of imidazole rings is 1. The van der Waals surface area contributed by atoms with E-state index in [9.17, 15) is 4.79 Å². The fraction of sp³-hybridized carbons (Fsp3) is 0.471. The molecule has 1 unspecified atom stereocenters. The van der Waals surface area contributed by atoms with Crippen LogP contribution in [0.1, 0.15) is 19.3 Å².